The van der Waals surface area contributed by atoms with Gasteiger partial charge in [-0.25, -0.2) is 0 Å². The molecule has 6 heteroatoms. The van der Waals surface area contributed by atoms with E-state index in [9.17, 15) is 14.9 Å². The normalized spacial score (nSPS) is 32.1. The van der Waals surface area contributed by atoms with E-state index in [0.29, 0.717) is 0 Å². The highest BCUT2D eigenvalue weighted by Gasteiger charge is 2.61. The number of nitrogens with one attached hydrogen (secondary N) is 1. The molecule has 0 amide bonds. The number of nitro groups is 1. The molecule has 1 aromatic rings. The molecule has 2 aliphatic rings. The predicted octanol–water partition coefficient (Wildman–Crippen LogP) is 2.49. The van der Waals surface area contributed by atoms with E-state index < -0.39 is 16.1 Å². The SMILES string of the molecule is C[C@@]12CCC[C@]1(Nc1ccc([N+](=O)[O-])cc1)OCC2=O. The van der Waals surface area contributed by atoms with Crippen LogP contribution in [-0.4, -0.2) is 23.0 Å². The van der Waals surface area contributed by atoms with Gasteiger partial charge in [0.05, 0.1) is 10.3 Å². The number of nitrogens with zero attached hydrogens (tertiary/aromatic N) is 1. The van der Waals surface area contributed by atoms with Crippen LogP contribution in [0, 0.1) is 15.5 Å². The van der Waals surface area contributed by atoms with E-state index >= 15 is 0 Å². The number of non-ortho nitro benzene ring substituents is 1. The molecule has 106 valence electrons. The van der Waals surface area contributed by atoms with Gasteiger partial charge in [-0.2, -0.15) is 0 Å². The first-order valence-electron chi connectivity index (χ1n) is 6.67. The summed E-state index contributed by atoms with van der Waals surface area (Å²) in [6.07, 6.45) is 2.51. The third-order valence-corrected chi connectivity index (χ3v) is 4.59. The Kier molecular flexibility index (Phi) is 2.79. The third-order valence-electron chi connectivity index (χ3n) is 4.59. The number of ether oxygens (including phenoxy) is 1. The number of fused-ring (bicyclic) bond motifs is 1. The second-order valence-electron chi connectivity index (χ2n) is 5.65. The van der Waals surface area contributed by atoms with Gasteiger partial charge in [-0.05, 0) is 38.3 Å². The van der Waals surface area contributed by atoms with E-state index in [1.54, 1.807) is 12.1 Å². The molecule has 6 nitrogen and oxygen atoms in total. The van der Waals surface area contributed by atoms with Crippen LogP contribution in [0.4, 0.5) is 11.4 Å². The van der Waals surface area contributed by atoms with E-state index in [4.69, 9.17) is 4.74 Å². The number of benzene rings is 1. The van der Waals surface area contributed by atoms with E-state index in [1.165, 1.54) is 12.1 Å². The number of carbonyl (C=O) groups is 1. The van der Waals surface area contributed by atoms with Crippen molar-refractivity contribution < 1.29 is 14.5 Å². The van der Waals surface area contributed by atoms with Crippen molar-refractivity contribution in [1.82, 2.24) is 0 Å². The monoisotopic (exact) mass is 276 g/mol. The summed E-state index contributed by atoms with van der Waals surface area (Å²) in [5.41, 5.74) is -0.390. The van der Waals surface area contributed by atoms with Crippen LogP contribution in [0.15, 0.2) is 24.3 Å². The van der Waals surface area contributed by atoms with E-state index in [-0.39, 0.29) is 18.1 Å². The Bertz CT molecular complexity index is 571. The molecule has 1 heterocycles. The van der Waals surface area contributed by atoms with Crippen molar-refractivity contribution in [3.63, 3.8) is 0 Å². The zero-order valence-corrected chi connectivity index (χ0v) is 11.2. The molecule has 3 rings (SSSR count). The average Bonchev–Trinajstić information content (AvgIpc) is 2.85. The first-order chi connectivity index (χ1) is 9.47. The van der Waals surface area contributed by atoms with Crippen molar-refractivity contribution in [2.24, 2.45) is 5.41 Å². The molecular weight excluding hydrogens is 260 g/mol. The summed E-state index contributed by atoms with van der Waals surface area (Å²) in [7, 11) is 0. The summed E-state index contributed by atoms with van der Waals surface area (Å²) in [4.78, 5) is 22.3. The van der Waals surface area contributed by atoms with Crippen LogP contribution in [0.2, 0.25) is 0 Å². The number of Topliss-reactive ketones (excluding diaryl/α,β-unsaturated/α-hetero) is 1. The van der Waals surface area contributed by atoms with Crippen LogP contribution < -0.4 is 5.32 Å². The van der Waals surface area contributed by atoms with Gasteiger partial charge in [0.25, 0.3) is 5.69 Å². The molecule has 1 aliphatic heterocycles. The van der Waals surface area contributed by atoms with Crippen molar-refractivity contribution in [3.8, 4) is 0 Å². The van der Waals surface area contributed by atoms with Crippen LogP contribution >= 0.6 is 0 Å². The summed E-state index contributed by atoms with van der Waals surface area (Å²) in [6.45, 7) is 2.07. The fraction of sp³-hybridized carbons (Fsp3) is 0.500. The third kappa shape index (κ3) is 1.71. The number of carbonyl (C=O) groups excluding carboxylic acids is 1. The smallest absolute Gasteiger partial charge is 0.269 e. The zero-order valence-electron chi connectivity index (χ0n) is 11.2. The van der Waals surface area contributed by atoms with Crippen LogP contribution in [0.3, 0.4) is 0 Å². The lowest BCUT2D eigenvalue weighted by Crippen LogP contribution is -2.48. The van der Waals surface area contributed by atoms with Gasteiger partial charge in [0.1, 0.15) is 6.61 Å². The predicted molar refractivity (Wildman–Crippen MR) is 72.4 cm³/mol. The average molecular weight is 276 g/mol. The Balaban J connectivity index is 1.87. The second kappa shape index (κ2) is 4.28. The number of ketones is 1. The molecule has 2 atom stereocenters. The maximum absolute atomic E-state index is 12.1. The molecule has 1 aliphatic carbocycles. The fourth-order valence-electron chi connectivity index (χ4n) is 3.25. The highest BCUT2D eigenvalue weighted by Crippen LogP contribution is 2.53. The van der Waals surface area contributed by atoms with Crippen LogP contribution in [0.1, 0.15) is 26.2 Å². The molecule has 1 N–H and O–H groups in total. The molecular formula is C14H16N2O4. The van der Waals surface area contributed by atoms with Gasteiger partial charge < -0.3 is 10.1 Å². The molecule has 1 aromatic carbocycles. The van der Waals surface area contributed by atoms with Crippen molar-refractivity contribution in [2.45, 2.75) is 31.9 Å². The van der Waals surface area contributed by atoms with Gasteiger partial charge in [0.2, 0.25) is 0 Å². The van der Waals surface area contributed by atoms with Crippen molar-refractivity contribution in [1.29, 1.82) is 0 Å². The minimum atomic E-state index is -0.666. The number of hydrogen-bond donors (Lipinski definition) is 1. The second-order valence-corrected chi connectivity index (χ2v) is 5.65. The number of nitro benzene ring substituents is 1. The summed E-state index contributed by atoms with van der Waals surface area (Å²) in [6, 6.07) is 6.19. The highest BCUT2D eigenvalue weighted by atomic mass is 16.6. The topological polar surface area (TPSA) is 81.5 Å². The fourth-order valence-corrected chi connectivity index (χ4v) is 3.25. The zero-order chi connectivity index (χ0) is 14.4. The molecule has 0 spiro atoms. The Hall–Kier alpha value is -1.95. The lowest BCUT2D eigenvalue weighted by molar-refractivity contribution is -0.384. The van der Waals surface area contributed by atoms with Gasteiger partial charge in [0, 0.05) is 17.8 Å². The van der Waals surface area contributed by atoms with Gasteiger partial charge in [-0.1, -0.05) is 0 Å². The Morgan fingerprint density at radius 3 is 2.65 bits per heavy atom. The summed E-state index contributed by atoms with van der Waals surface area (Å²) < 4.78 is 5.77. The molecule has 0 bridgehead atoms. The Morgan fingerprint density at radius 2 is 2.00 bits per heavy atom. The highest BCUT2D eigenvalue weighted by molar-refractivity contribution is 5.90. The summed E-state index contributed by atoms with van der Waals surface area (Å²) in [5.74, 6) is 0.129. The quantitative estimate of drug-likeness (QED) is 0.677. The molecule has 1 saturated carbocycles. The van der Waals surface area contributed by atoms with Crippen LogP contribution in [0.5, 0.6) is 0 Å². The maximum Gasteiger partial charge on any atom is 0.269 e. The van der Waals surface area contributed by atoms with Crippen molar-refractivity contribution >= 4 is 17.2 Å². The molecule has 1 saturated heterocycles. The number of hydrogen-bond acceptors (Lipinski definition) is 5. The molecule has 20 heavy (non-hydrogen) atoms. The Morgan fingerprint density at radius 1 is 1.30 bits per heavy atom. The molecule has 2 fully saturated rings. The Labute approximate surface area is 116 Å². The molecule has 0 aromatic heterocycles. The maximum atomic E-state index is 12.1. The van der Waals surface area contributed by atoms with Gasteiger partial charge >= 0.3 is 0 Å². The first kappa shape index (κ1) is 13.1. The minimum absolute atomic E-state index is 0.0469. The number of anilines is 1. The van der Waals surface area contributed by atoms with Gasteiger partial charge in [0.15, 0.2) is 11.5 Å². The van der Waals surface area contributed by atoms with Crippen molar-refractivity contribution in [2.75, 3.05) is 11.9 Å². The van der Waals surface area contributed by atoms with E-state index in [2.05, 4.69) is 5.32 Å². The largest absolute Gasteiger partial charge is 0.357 e. The summed E-state index contributed by atoms with van der Waals surface area (Å²) >= 11 is 0. The first-order valence-corrected chi connectivity index (χ1v) is 6.67. The van der Waals surface area contributed by atoms with Gasteiger partial charge in [-0.3, -0.25) is 14.9 Å². The lowest BCUT2D eigenvalue weighted by atomic mass is 9.80. The minimum Gasteiger partial charge on any atom is -0.357 e. The van der Waals surface area contributed by atoms with Gasteiger partial charge in [-0.15, -0.1) is 0 Å². The molecule has 0 radical (unpaired) electrons. The number of rotatable bonds is 3. The molecule has 0 unspecified atom stereocenters. The standard InChI is InChI=1S/C14H16N2O4/c1-13-7-2-8-14(13,20-9-12(13)17)15-10-3-5-11(6-4-10)16(18)19/h3-6,15H,2,7-9H2,1H3/t13-,14-/m0/s1. The lowest BCUT2D eigenvalue weighted by Gasteiger charge is -2.36. The van der Waals surface area contributed by atoms with Crippen LogP contribution in [-0.2, 0) is 9.53 Å². The van der Waals surface area contributed by atoms with Crippen LogP contribution in [0.25, 0.3) is 0 Å². The van der Waals surface area contributed by atoms with E-state index in [0.717, 1.165) is 24.9 Å². The van der Waals surface area contributed by atoms with Crippen molar-refractivity contribution in [3.05, 3.63) is 34.4 Å². The summed E-state index contributed by atoms with van der Waals surface area (Å²) in [5, 5.41) is 13.9. The van der Waals surface area contributed by atoms with E-state index in [1.807, 2.05) is 6.92 Å².